The van der Waals surface area contributed by atoms with Gasteiger partial charge in [0, 0.05) is 113 Å². The van der Waals surface area contributed by atoms with Crippen LogP contribution in [0, 0.1) is 11.3 Å². The fourth-order valence-corrected chi connectivity index (χ4v) is 13.2. The number of carbonyl (C=O) groups excluding carboxylic acids is 2. The van der Waals surface area contributed by atoms with E-state index < -0.39 is 0 Å². The van der Waals surface area contributed by atoms with Crippen molar-refractivity contribution in [1.82, 2.24) is 45.3 Å². The van der Waals surface area contributed by atoms with E-state index in [1.165, 1.54) is 5.56 Å². The fourth-order valence-electron chi connectivity index (χ4n) is 12.9. The van der Waals surface area contributed by atoms with Crippen molar-refractivity contribution in [3.05, 3.63) is 82.6 Å². The van der Waals surface area contributed by atoms with Crippen LogP contribution >= 0.6 is 11.6 Å². The fraction of sp³-hybridized carbons (Fsp3) is 0.542. The molecule has 0 bridgehead atoms. The van der Waals surface area contributed by atoms with Crippen molar-refractivity contribution in [1.29, 1.82) is 5.26 Å². The summed E-state index contributed by atoms with van der Waals surface area (Å²) in [7, 11) is 3.39. The van der Waals surface area contributed by atoms with Gasteiger partial charge < -0.3 is 49.9 Å². The van der Waals surface area contributed by atoms with Crippen LogP contribution in [-0.4, -0.2) is 176 Å². The van der Waals surface area contributed by atoms with E-state index in [1.807, 2.05) is 18.2 Å². The number of hydrogen-bond donors (Lipinski definition) is 3. The van der Waals surface area contributed by atoms with Crippen LogP contribution in [0.1, 0.15) is 86.3 Å². The van der Waals surface area contributed by atoms with Crippen molar-refractivity contribution in [3.8, 4) is 17.8 Å². The first-order chi connectivity index (χ1) is 38.7. The van der Waals surface area contributed by atoms with Gasteiger partial charge in [-0.25, -0.2) is 4.98 Å². The molecule has 418 valence electrons. The summed E-state index contributed by atoms with van der Waals surface area (Å²) in [5, 5.41) is 22.4. The SMILES string of the molecule is CC[C@@H]1C(=O)N(C)c2cnc(Nc3ccc(C(=O)NCCN4CCN(CCCN5CCC[C@H]5COc5nc6c(c(N7CCN[C@@H](CC#N)C7)n5)CCN(c5cccc7cccc(Cl)c57)C6)CC4)cc3OC)nc2N1C1CCCC1. The largest absolute Gasteiger partial charge is 0.495 e. The summed E-state index contributed by atoms with van der Waals surface area (Å²) in [6.45, 7) is 14.7. The molecule has 0 radical (unpaired) electrons. The van der Waals surface area contributed by atoms with Gasteiger partial charge in [0.1, 0.15) is 29.9 Å². The first-order valence-electron chi connectivity index (χ1n) is 28.8. The molecule has 3 aromatic carbocycles. The van der Waals surface area contributed by atoms with Gasteiger partial charge in [0.2, 0.25) is 11.9 Å². The number of nitriles is 1. The van der Waals surface area contributed by atoms with Gasteiger partial charge in [0.05, 0.1) is 48.7 Å². The van der Waals surface area contributed by atoms with Crippen LogP contribution in [0.15, 0.2) is 60.8 Å². The molecule has 0 unspecified atom stereocenters. The zero-order valence-corrected chi connectivity index (χ0v) is 46.9. The molecule has 4 fully saturated rings. The first kappa shape index (κ1) is 54.4. The van der Waals surface area contributed by atoms with E-state index >= 15 is 0 Å². The van der Waals surface area contributed by atoms with E-state index in [0.717, 1.165) is 162 Å². The number of amides is 2. The second-order valence-electron chi connectivity index (χ2n) is 22.0. The van der Waals surface area contributed by atoms with Gasteiger partial charge in [-0.2, -0.15) is 20.2 Å². The Balaban J connectivity index is 0.641. The third kappa shape index (κ3) is 12.0. The number of fused-ring (bicyclic) bond motifs is 3. The number of rotatable bonds is 19. The molecule has 0 spiro atoms. The van der Waals surface area contributed by atoms with E-state index in [0.29, 0.717) is 79.8 Å². The smallest absolute Gasteiger partial charge is 0.318 e. The summed E-state index contributed by atoms with van der Waals surface area (Å²) in [4.78, 5) is 62.8. The summed E-state index contributed by atoms with van der Waals surface area (Å²) in [6.07, 6.45) is 11.4. The number of ether oxygens (including phenoxy) is 2. The molecule has 5 aromatic rings. The van der Waals surface area contributed by atoms with Crippen LogP contribution < -0.4 is 45.0 Å². The van der Waals surface area contributed by atoms with Crippen molar-refractivity contribution in [2.45, 2.75) is 102 Å². The number of aromatic nitrogens is 4. The number of methoxy groups -OCH3 is 1. The zero-order chi connectivity index (χ0) is 54.4. The average molecular weight is 1090 g/mol. The minimum atomic E-state index is -0.258. The Bertz CT molecular complexity index is 3010. The molecule has 19 nitrogen and oxygen atoms in total. The van der Waals surface area contributed by atoms with Crippen LogP contribution in [0.25, 0.3) is 10.8 Å². The predicted molar refractivity (Wildman–Crippen MR) is 310 cm³/mol. The lowest BCUT2D eigenvalue weighted by Crippen LogP contribution is -2.55. The minimum absolute atomic E-state index is 0.0772. The molecule has 6 aliphatic rings. The van der Waals surface area contributed by atoms with Gasteiger partial charge in [-0.1, -0.05) is 55.6 Å². The van der Waals surface area contributed by atoms with Gasteiger partial charge in [0.15, 0.2) is 5.82 Å². The van der Waals surface area contributed by atoms with Crippen molar-refractivity contribution in [2.24, 2.45) is 0 Å². The number of nitrogens with zero attached hydrogens (tertiary/aromatic N) is 12. The van der Waals surface area contributed by atoms with Crippen LogP contribution in [-0.2, 0) is 17.8 Å². The number of hydrogen-bond acceptors (Lipinski definition) is 17. The van der Waals surface area contributed by atoms with Crippen molar-refractivity contribution in [3.63, 3.8) is 0 Å². The molecule has 1 aliphatic carbocycles. The van der Waals surface area contributed by atoms with E-state index in [4.69, 9.17) is 36.0 Å². The van der Waals surface area contributed by atoms with Crippen molar-refractivity contribution < 1.29 is 19.1 Å². The minimum Gasteiger partial charge on any atom is -0.495 e. The second-order valence-corrected chi connectivity index (χ2v) is 22.5. The molecule has 3 N–H and O–H groups in total. The molecule has 1 saturated carbocycles. The Kier molecular flexibility index (Phi) is 17.1. The topological polar surface area (TPSA) is 187 Å². The molecule has 7 heterocycles. The lowest BCUT2D eigenvalue weighted by molar-refractivity contribution is -0.120. The highest BCUT2D eigenvalue weighted by atomic mass is 35.5. The number of piperazine rings is 2. The molecule has 3 atom stereocenters. The van der Waals surface area contributed by atoms with Crippen LogP contribution in [0.2, 0.25) is 5.02 Å². The Labute approximate surface area is 469 Å². The van der Waals surface area contributed by atoms with E-state index in [-0.39, 0.29) is 29.9 Å². The summed E-state index contributed by atoms with van der Waals surface area (Å²) < 4.78 is 12.4. The highest BCUT2D eigenvalue weighted by Crippen LogP contribution is 2.41. The number of halogens is 1. The van der Waals surface area contributed by atoms with E-state index in [9.17, 15) is 14.9 Å². The van der Waals surface area contributed by atoms with Gasteiger partial charge >= 0.3 is 6.01 Å². The van der Waals surface area contributed by atoms with Crippen molar-refractivity contribution in [2.75, 3.05) is 131 Å². The maximum atomic E-state index is 13.4. The van der Waals surface area contributed by atoms with Gasteiger partial charge in [-0.15, -0.1) is 0 Å². The van der Waals surface area contributed by atoms with Gasteiger partial charge in [-0.05, 0) is 100 Å². The molecule has 2 aromatic heterocycles. The molecule has 3 saturated heterocycles. The second kappa shape index (κ2) is 24.8. The average Bonchev–Trinajstić information content (AvgIpc) is 4.20. The summed E-state index contributed by atoms with van der Waals surface area (Å²) in [5.41, 5.74) is 5.13. The molecule has 20 heteroatoms. The number of nitrogens with one attached hydrogen (secondary N) is 3. The number of benzene rings is 3. The van der Waals surface area contributed by atoms with Crippen LogP contribution in [0.5, 0.6) is 11.8 Å². The molecular weight excluding hydrogens is 1020 g/mol. The zero-order valence-electron chi connectivity index (χ0n) is 46.1. The van der Waals surface area contributed by atoms with Gasteiger partial charge in [-0.3, -0.25) is 19.4 Å². The number of carbonyl (C=O) groups is 2. The molecule has 5 aliphatic heterocycles. The Morgan fingerprint density at radius 1 is 0.899 bits per heavy atom. The summed E-state index contributed by atoms with van der Waals surface area (Å²) in [5.74, 6) is 2.55. The standard InChI is InChI=1S/C59H76ClN15O4/c1-4-49-57(77)69(2)51-36-64-58(67-55(51)75(49)43-13-5-6-14-43)65-47-19-18-41(35-52(47)78-3)56(76)63-23-29-71-33-31-70(32-34-71)25-10-27-72-26-9-15-44(72)39-79-59-66-48-38-73(50-17-8-12-40-11-7-16-46(60)53(40)50)28-21-45(48)54(68-59)74-30-24-62-42(37-74)20-22-61/h7-8,11-12,16-19,35-36,42-44,49,62H,4-6,9-10,13-15,20-21,23-34,37-39H2,1-3H3,(H,63,76)(H,64,65,67)/t42-,44-,49+/m0/s1. The summed E-state index contributed by atoms with van der Waals surface area (Å²) >= 11 is 6.82. The molecular formula is C59H76ClN15O4. The molecule has 11 rings (SSSR count). The first-order valence-corrected chi connectivity index (χ1v) is 29.2. The highest BCUT2D eigenvalue weighted by molar-refractivity contribution is 6.36. The quantitative estimate of drug-likeness (QED) is 0.0778. The normalized spacial score (nSPS) is 21.3. The third-order valence-corrected chi connectivity index (χ3v) is 17.5. The highest BCUT2D eigenvalue weighted by Gasteiger charge is 2.41. The number of likely N-dealkylation sites (N-methyl/N-ethyl adjacent to an activating group) is 1. The predicted octanol–water partition coefficient (Wildman–Crippen LogP) is 6.86. The van der Waals surface area contributed by atoms with Crippen molar-refractivity contribution >= 4 is 68.8 Å². The lowest BCUT2D eigenvalue weighted by atomic mass is 10.0. The monoisotopic (exact) mass is 1090 g/mol. The molecule has 79 heavy (non-hydrogen) atoms. The maximum absolute atomic E-state index is 13.4. The Morgan fingerprint density at radius 2 is 1.71 bits per heavy atom. The third-order valence-electron chi connectivity index (χ3n) is 17.2. The van der Waals surface area contributed by atoms with Crippen LogP contribution in [0.3, 0.4) is 0 Å². The van der Waals surface area contributed by atoms with E-state index in [1.54, 1.807) is 37.4 Å². The summed E-state index contributed by atoms with van der Waals surface area (Å²) in [6, 6.07) is 21.0. The van der Waals surface area contributed by atoms with Gasteiger partial charge in [0.25, 0.3) is 5.91 Å². The number of anilines is 6. The Hall–Kier alpha value is -6.56. The molecule has 2 amide bonds. The number of likely N-dealkylation sites (tertiary alicyclic amines) is 1. The lowest BCUT2D eigenvalue weighted by Gasteiger charge is -2.43. The Morgan fingerprint density at radius 3 is 2.51 bits per heavy atom. The maximum Gasteiger partial charge on any atom is 0.318 e. The van der Waals surface area contributed by atoms with Crippen LogP contribution in [0.4, 0.5) is 34.6 Å². The van der Waals surface area contributed by atoms with E-state index in [2.05, 4.69) is 87.6 Å².